The van der Waals surface area contributed by atoms with Crippen molar-refractivity contribution in [3.05, 3.63) is 57.8 Å². The van der Waals surface area contributed by atoms with E-state index in [1.807, 2.05) is 19.1 Å². The van der Waals surface area contributed by atoms with E-state index >= 15 is 0 Å². The first-order valence-electron chi connectivity index (χ1n) is 6.06. The van der Waals surface area contributed by atoms with E-state index in [2.05, 4.69) is 26.6 Å². The Balaban J connectivity index is 2.27. The molecule has 0 radical (unpaired) electrons. The molecule has 5 heteroatoms. The van der Waals surface area contributed by atoms with Crippen molar-refractivity contribution in [2.75, 3.05) is 17.7 Å². The SMILES string of the molecule is CNc1ccc(C)cc1C(=O)Nc1ccc(F)c(Br)c1. The van der Waals surface area contributed by atoms with Crippen LogP contribution in [0.2, 0.25) is 0 Å². The summed E-state index contributed by atoms with van der Waals surface area (Å²) in [6.07, 6.45) is 0. The van der Waals surface area contributed by atoms with Crippen LogP contribution in [0.25, 0.3) is 0 Å². The topological polar surface area (TPSA) is 41.1 Å². The van der Waals surface area contributed by atoms with E-state index in [4.69, 9.17) is 0 Å². The minimum atomic E-state index is -0.366. The van der Waals surface area contributed by atoms with Crippen LogP contribution in [-0.2, 0) is 0 Å². The second kappa shape index (κ2) is 6.05. The lowest BCUT2D eigenvalue weighted by molar-refractivity contribution is 0.102. The zero-order valence-electron chi connectivity index (χ0n) is 11.1. The molecule has 0 unspecified atom stereocenters. The lowest BCUT2D eigenvalue weighted by Gasteiger charge is -2.11. The molecular weight excluding hydrogens is 323 g/mol. The van der Waals surface area contributed by atoms with Gasteiger partial charge in [-0.2, -0.15) is 0 Å². The third-order valence-electron chi connectivity index (χ3n) is 2.87. The van der Waals surface area contributed by atoms with Crippen LogP contribution in [0.4, 0.5) is 15.8 Å². The van der Waals surface area contributed by atoms with Crippen LogP contribution < -0.4 is 10.6 Å². The van der Waals surface area contributed by atoms with Crippen LogP contribution in [0.3, 0.4) is 0 Å². The van der Waals surface area contributed by atoms with Crippen molar-refractivity contribution in [2.45, 2.75) is 6.92 Å². The Morgan fingerprint density at radius 2 is 1.95 bits per heavy atom. The fourth-order valence-corrected chi connectivity index (χ4v) is 2.22. The maximum absolute atomic E-state index is 13.2. The van der Waals surface area contributed by atoms with Crippen LogP contribution in [-0.4, -0.2) is 13.0 Å². The zero-order valence-corrected chi connectivity index (χ0v) is 12.7. The molecule has 104 valence electrons. The normalized spacial score (nSPS) is 10.2. The summed E-state index contributed by atoms with van der Waals surface area (Å²) < 4.78 is 13.5. The van der Waals surface area contributed by atoms with Gasteiger partial charge in [0.1, 0.15) is 5.82 Å². The van der Waals surface area contributed by atoms with Crippen LogP contribution in [0.5, 0.6) is 0 Å². The standard InChI is InChI=1S/C15H14BrFN2O/c1-9-3-6-14(18-2)11(7-9)15(20)19-10-4-5-13(17)12(16)8-10/h3-8,18H,1-2H3,(H,19,20). The minimum Gasteiger partial charge on any atom is -0.387 e. The fourth-order valence-electron chi connectivity index (χ4n) is 1.84. The number of halogens is 2. The van der Waals surface area contributed by atoms with E-state index in [0.29, 0.717) is 15.7 Å². The summed E-state index contributed by atoms with van der Waals surface area (Å²) in [5.74, 6) is -0.606. The number of carbonyl (C=O) groups is 1. The molecule has 2 rings (SSSR count). The number of rotatable bonds is 3. The minimum absolute atomic E-state index is 0.239. The number of carbonyl (C=O) groups excluding carboxylic acids is 1. The Labute approximate surface area is 125 Å². The number of aryl methyl sites for hydroxylation is 1. The number of benzene rings is 2. The molecule has 0 atom stereocenters. The molecule has 20 heavy (non-hydrogen) atoms. The van der Waals surface area contributed by atoms with Gasteiger partial charge in [0.25, 0.3) is 5.91 Å². The van der Waals surface area contributed by atoms with Crippen LogP contribution >= 0.6 is 15.9 Å². The highest BCUT2D eigenvalue weighted by atomic mass is 79.9. The molecule has 2 aromatic rings. The van der Waals surface area contributed by atoms with Gasteiger partial charge in [-0.05, 0) is 53.2 Å². The molecule has 0 heterocycles. The molecule has 0 aromatic heterocycles. The quantitative estimate of drug-likeness (QED) is 0.882. The predicted octanol–water partition coefficient (Wildman–Crippen LogP) is 4.19. The van der Waals surface area contributed by atoms with Gasteiger partial charge in [0.15, 0.2) is 0 Å². The average Bonchev–Trinajstić information content (AvgIpc) is 2.43. The third kappa shape index (κ3) is 3.17. The van der Waals surface area contributed by atoms with Crippen molar-refractivity contribution in [2.24, 2.45) is 0 Å². The van der Waals surface area contributed by atoms with Crippen molar-refractivity contribution in [1.82, 2.24) is 0 Å². The van der Waals surface area contributed by atoms with Gasteiger partial charge in [0.2, 0.25) is 0 Å². The number of hydrogen-bond donors (Lipinski definition) is 2. The van der Waals surface area contributed by atoms with E-state index in [1.165, 1.54) is 18.2 Å². The van der Waals surface area contributed by atoms with E-state index in [1.54, 1.807) is 13.1 Å². The third-order valence-corrected chi connectivity index (χ3v) is 3.47. The van der Waals surface area contributed by atoms with E-state index in [-0.39, 0.29) is 11.7 Å². The highest BCUT2D eigenvalue weighted by molar-refractivity contribution is 9.10. The molecule has 3 nitrogen and oxygen atoms in total. The lowest BCUT2D eigenvalue weighted by atomic mass is 10.1. The molecule has 0 bridgehead atoms. The molecule has 0 saturated heterocycles. The van der Waals surface area contributed by atoms with Gasteiger partial charge in [-0.3, -0.25) is 4.79 Å². The van der Waals surface area contributed by atoms with Gasteiger partial charge in [0.05, 0.1) is 10.0 Å². The number of nitrogens with one attached hydrogen (secondary N) is 2. The van der Waals surface area contributed by atoms with Crippen molar-refractivity contribution >= 4 is 33.2 Å². The van der Waals surface area contributed by atoms with Crippen molar-refractivity contribution in [3.63, 3.8) is 0 Å². The van der Waals surface area contributed by atoms with E-state index in [0.717, 1.165) is 11.3 Å². The van der Waals surface area contributed by atoms with E-state index in [9.17, 15) is 9.18 Å². The molecule has 0 aliphatic carbocycles. The molecule has 0 spiro atoms. The van der Waals surface area contributed by atoms with Gasteiger partial charge in [-0.15, -0.1) is 0 Å². The Kier molecular flexibility index (Phi) is 4.39. The molecule has 2 aromatic carbocycles. The smallest absolute Gasteiger partial charge is 0.257 e. The van der Waals surface area contributed by atoms with Crippen molar-refractivity contribution in [1.29, 1.82) is 0 Å². The molecule has 0 saturated carbocycles. The van der Waals surface area contributed by atoms with Gasteiger partial charge >= 0.3 is 0 Å². The summed E-state index contributed by atoms with van der Waals surface area (Å²) in [7, 11) is 1.76. The lowest BCUT2D eigenvalue weighted by Crippen LogP contribution is -2.14. The molecule has 0 aliphatic heterocycles. The zero-order chi connectivity index (χ0) is 14.7. The first-order chi connectivity index (χ1) is 9.51. The summed E-state index contributed by atoms with van der Waals surface area (Å²) in [5, 5.41) is 5.73. The fraction of sp³-hybridized carbons (Fsp3) is 0.133. The summed E-state index contributed by atoms with van der Waals surface area (Å²) in [4.78, 5) is 12.3. The van der Waals surface area contributed by atoms with Gasteiger partial charge in [-0.1, -0.05) is 11.6 Å². The van der Waals surface area contributed by atoms with Crippen LogP contribution in [0, 0.1) is 12.7 Å². The predicted molar refractivity (Wildman–Crippen MR) is 82.8 cm³/mol. The monoisotopic (exact) mass is 336 g/mol. The largest absolute Gasteiger partial charge is 0.387 e. The van der Waals surface area contributed by atoms with Gasteiger partial charge < -0.3 is 10.6 Å². The van der Waals surface area contributed by atoms with Crippen molar-refractivity contribution < 1.29 is 9.18 Å². The summed E-state index contributed by atoms with van der Waals surface area (Å²) in [6, 6.07) is 9.94. The van der Waals surface area contributed by atoms with E-state index < -0.39 is 0 Å². The summed E-state index contributed by atoms with van der Waals surface area (Å²) >= 11 is 3.09. The summed E-state index contributed by atoms with van der Waals surface area (Å²) in [5.41, 5.74) is 2.82. The molecule has 0 aliphatic rings. The Morgan fingerprint density at radius 3 is 2.60 bits per heavy atom. The number of anilines is 2. The first kappa shape index (κ1) is 14.5. The maximum atomic E-state index is 13.2. The van der Waals surface area contributed by atoms with Crippen LogP contribution in [0.15, 0.2) is 40.9 Å². The maximum Gasteiger partial charge on any atom is 0.257 e. The Bertz CT molecular complexity index is 658. The second-order valence-electron chi connectivity index (χ2n) is 4.38. The highest BCUT2D eigenvalue weighted by Crippen LogP contribution is 2.22. The van der Waals surface area contributed by atoms with Crippen molar-refractivity contribution in [3.8, 4) is 0 Å². The Hall–Kier alpha value is -1.88. The first-order valence-corrected chi connectivity index (χ1v) is 6.85. The molecule has 2 N–H and O–H groups in total. The average molecular weight is 337 g/mol. The highest BCUT2D eigenvalue weighted by Gasteiger charge is 2.12. The number of hydrogen-bond acceptors (Lipinski definition) is 2. The second-order valence-corrected chi connectivity index (χ2v) is 5.24. The molecular formula is C15H14BrFN2O. The van der Waals surface area contributed by atoms with Crippen LogP contribution in [0.1, 0.15) is 15.9 Å². The van der Waals surface area contributed by atoms with Gasteiger partial charge in [0, 0.05) is 18.4 Å². The Morgan fingerprint density at radius 1 is 1.20 bits per heavy atom. The summed E-state index contributed by atoms with van der Waals surface area (Å²) in [6.45, 7) is 1.92. The molecule has 1 amide bonds. The molecule has 0 fully saturated rings. The van der Waals surface area contributed by atoms with Gasteiger partial charge in [-0.25, -0.2) is 4.39 Å². The number of amides is 1.